The van der Waals surface area contributed by atoms with Crippen LogP contribution in [0, 0.1) is 0 Å². The van der Waals surface area contributed by atoms with E-state index in [1.54, 1.807) is 15.4 Å². The summed E-state index contributed by atoms with van der Waals surface area (Å²) in [5.74, 6) is 1.34. The lowest BCUT2D eigenvalue weighted by molar-refractivity contribution is 0.177. The molecule has 1 N–H and O–H groups in total. The molecule has 0 bridgehead atoms. The van der Waals surface area contributed by atoms with E-state index in [1.807, 2.05) is 61.5 Å². The van der Waals surface area contributed by atoms with Gasteiger partial charge in [-0.3, -0.25) is 14.3 Å². The van der Waals surface area contributed by atoms with E-state index in [2.05, 4.69) is 22.2 Å². The number of ether oxygens (including phenoxy) is 1. The van der Waals surface area contributed by atoms with Crippen LogP contribution in [0.3, 0.4) is 0 Å². The number of hydrogen-bond acceptors (Lipinski definition) is 6. The van der Waals surface area contributed by atoms with Gasteiger partial charge in [-0.1, -0.05) is 30.3 Å². The predicted molar refractivity (Wildman–Crippen MR) is 128 cm³/mol. The molecule has 8 nitrogen and oxygen atoms in total. The van der Waals surface area contributed by atoms with Gasteiger partial charge in [-0.05, 0) is 38.1 Å². The summed E-state index contributed by atoms with van der Waals surface area (Å²) < 4.78 is 9.33. The Morgan fingerprint density at radius 2 is 1.79 bits per heavy atom. The number of benzene rings is 2. The van der Waals surface area contributed by atoms with Crippen LogP contribution in [0.1, 0.15) is 25.7 Å². The van der Waals surface area contributed by atoms with Crippen molar-refractivity contribution in [1.82, 2.24) is 29.5 Å². The molecule has 1 atom stereocenters. The molecule has 170 valence electrons. The molecule has 8 heteroatoms. The second-order valence-electron chi connectivity index (χ2n) is 8.10. The maximum absolute atomic E-state index is 13.9. The number of nitrogens with one attached hydrogen (secondary N) is 1. The van der Waals surface area contributed by atoms with Gasteiger partial charge in [-0.15, -0.1) is 0 Å². The van der Waals surface area contributed by atoms with Crippen molar-refractivity contribution in [3.63, 3.8) is 0 Å². The summed E-state index contributed by atoms with van der Waals surface area (Å²) in [6.45, 7) is 8.16. The van der Waals surface area contributed by atoms with E-state index in [4.69, 9.17) is 9.72 Å². The SMILES string of the molecule is CCOc1ccccc1-n1c(C(C)N2CCNCC2)nc2c(cnn2-c2ccccc2)c1=O. The van der Waals surface area contributed by atoms with Crippen LogP contribution in [0.25, 0.3) is 22.4 Å². The fourth-order valence-corrected chi connectivity index (χ4v) is 4.41. The van der Waals surface area contributed by atoms with E-state index in [0.717, 1.165) is 31.9 Å². The van der Waals surface area contributed by atoms with E-state index >= 15 is 0 Å². The molecule has 0 spiro atoms. The zero-order valence-corrected chi connectivity index (χ0v) is 18.9. The zero-order chi connectivity index (χ0) is 22.8. The average molecular weight is 445 g/mol. The zero-order valence-electron chi connectivity index (χ0n) is 18.9. The minimum Gasteiger partial charge on any atom is -0.492 e. The lowest BCUT2D eigenvalue weighted by Gasteiger charge is -2.33. The topological polar surface area (TPSA) is 77.2 Å². The maximum Gasteiger partial charge on any atom is 0.269 e. The van der Waals surface area contributed by atoms with Crippen LogP contribution in [-0.4, -0.2) is 57.0 Å². The Balaban J connectivity index is 1.77. The normalized spacial score (nSPS) is 15.6. The predicted octanol–water partition coefficient (Wildman–Crippen LogP) is 2.94. The number of fused-ring (bicyclic) bond motifs is 1. The monoisotopic (exact) mass is 444 g/mol. The molecule has 1 saturated heterocycles. The van der Waals surface area contributed by atoms with Crippen LogP contribution in [0.5, 0.6) is 5.75 Å². The van der Waals surface area contributed by atoms with Crippen LogP contribution in [0.15, 0.2) is 65.6 Å². The maximum atomic E-state index is 13.9. The Morgan fingerprint density at radius 1 is 1.06 bits per heavy atom. The van der Waals surface area contributed by atoms with Crippen molar-refractivity contribution >= 4 is 11.0 Å². The first kappa shape index (κ1) is 21.4. The minimum absolute atomic E-state index is 0.0713. The van der Waals surface area contributed by atoms with Gasteiger partial charge in [0.05, 0.1) is 30.2 Å². The molecule has 2 aromatic carbocycles. The summed E-state index contributed by atoms with van der Waals surface area (Å²) in [5.41, 5.74) is 1.98. The van der Waals surface area contributed by atoms with Gasteiger partial charge < -0.3 is 10.1 Å². The third-order valence-electron chi connectivity index (χ3n) is 6.11. The Morgan fingerprint density at radius 3 is 2.55 bits per heavy atom. The molecule has 3 heterocycles. The number of aromatic nitrogens is 4. The Hall–Kier alpha value is -3.49. The van der Waals surface area contributed by atoms with E-state index in [9.17, 15) is 4.79 Å². The minimum atomic E-state index is -0.147. The lowest BCUT2D eigenvalue weighted by atomic mass is 10.2. The molecule has 0 radical (unpaired) electrons. The Bertz CT molecular complexity index is 1310. The second-order valence-corrected chi connectivity index (χ2v) is 8.10. The van der Waals surface area contributed by atoms with Gasteiger partial charge in [0, 0.05) is 26.2 Å². The van der Waals surface area contributed by atoms with Crippen molar-refractivity contribution in [2.24, 2.45) is 0 Å². The quantitative estimate of drug-likeness (QED) is 0.493. The van der Waals surface area contributed by atoms with Gasteiger partial charge in [0.2, 0.25) is 0 Å². The summed E-state index contributed by atoms with van der Waals surface area (Å²) in [5, 5.41) is 8.39. The molecule has 1 fully saturated rings. The molecule has 0 saturated carbocycles. The van der Waals surface area contributed by atoms with Gasteiger partial charge in [0.25, 0.3) is 5.56 Å². The van der Waals surface area contributed by atoms with Gasteiger partial charge in [0.15, 0.2) is 5.65 Å². The van der Waals surface area contributed by atoms with Gasteiger partial charge >= 0.3 is 0 Å². The molecule has 0 amide bonds. The Labute approximate surface area is 192 Å². The fraction of sp³-hybridized carbons (Fsp3) is 0.320. The van der Waals surface area contributed by atoms with E-state index < -0.39 is 0 Å². The fourth-order valence-electron chi connectivity index (χ4n) is 4.41. The third-order valence-corrected chi connectivity index (χ3v) is 6.11. The highest BCUT2D eigenvalue weighted by Gasteiger charge is 2.26. The van der Waals surface area contributed by atoms with Crippen molar-refractivity contribution in [1.29, 1.82) is 0 Å². The number of para-hydroxylation sites is 3. The Kier molecular flexibility index (Phi) is 5.93. The summed E-state index contributed by atoms with van der Waals surface area (Å²) in [6.07, 6.45) is 1.61. The summed E-state index contributed by atoms with van der Waals surface area (Å²) in [6, 6.07) is 17.3. The smallest absolute Gasteiger partial charge is 0.269 e. The number of hydrogen-bond donors (Lipinski definition) is 1. The van der Waals surface area contributed by atoms with Crippen LogP contribution in [0.2, 0.25) is 0 Å². The molecule has 4 aromatic rings. The highest BCUT2D eigenvalue weighted by molar-refractivity contribution is 5.76. The third kappa shape index (κ3) is 3.92. The molecule has 1 aliphatic heterocycles. The van der Waals surface area contributed by atoms with Crippen LogP contribution in [-0.2, 0) is 0 Å². The van der Waals surface area contributed by atoms with Crippen LogP contribution in [0.4, 0.5) is 0 Å². The molecule has 0 aliphatic carbocycles. The first-order valence-corrected chi connectivity index (χ1v) is 11.4. The van der Waals surface area contributed by atoms with E-state index in [-0.39, 0.29) is 11.6 Å². The average Bonchev–Trinajstić information content (AvgIpc) is 3.30. The van der Waals surface area contributed by atoms with E-state index in [1.165, 1.54) is 0 Å². The molecule has 1 aliphatic rings. The molecular formula is C25H28N6O2. The van der Waals surface area contributed by atoms with Gasteiger partial charge in [-0.2, -0.15) is 5.10 Å². The number of rotatable bonds is 6. The molecule has 2 aromatic heterocycles. The number of nitrogens with zero attached hydrogens (tertiary/aromatic N) is 5. The standard InChI is InChI=1S/C25H28N6O2/c1-3-33-22-12-8-7-11-21(22)30-23(18(2)29-15-13-26-14-16-29)28-24-20(25(30)32)17-27-31(24)19-9-5-4-6-10-19/h4-12,17-18,26H,3,13-16H2,1-2H3. The van der Waals surface area contributed by atoms with Crippen molar-refractivity contribution in [2.45, 2.75) is 19.9 Å². The highest BCUT2D eigenvalue weighted by atomic mass is 16.5. The molecular weight excluding hydrogens is 416 g/mol. The van der Waals surface area contributed by atoms with Gasteiger partial charge in [0.1, 0.15) is 17.0 Å². The summed E-state index contributed by atoms with van der Waals surface area (Å²) in [7, 11) is 0. The molecule has 1 unspecified atom stereocenters. The molecule has 33 heavy (non-hydrogen) atoms. The highest BCUT2D eigenvalue weighted by Crippen LogP contribution is 2.28. The summed E-state index contributed by atoms with van der Waals surface area (Å²) in [4.78, 5) is 21.3. The molecule has 5 rings (SSSR count). The summed E-state index contributed by atoms with van der Waals surface area (Å²) >= 11 is 0. The second kappa shape index (κ2) is 9.17. The van der Waals surface area contributed by atoms with Crippen molar-refractivity contribution < 1.29 is 4.74 Å². The lowest BCUT2D eigenvalue weighted by Crippen LogP contribution is -2.45. The van der Waals surface area contributed by atoms with Crippen molar-refractivity contribution in [3.05, 3.63) is 77.0 Å². The largest absolute Gasteiger partial charge is 0.492 e. The van der Waals surface area contributed by atoms with Crippen molar-refractivity contribution in [3.8, 4) is 17.1 Å². The van der Waals surface area contributed by atoms with Crippen LogP contribution >= 0.6 is 0 Å². The van der Waals surface area contributed by atoms with Crippen molar-refractivity contribution in [2.75, 3.05) is 32.8 Å². The number of piperazine rings is 1. The van der Waals surface area contributed by atoms with E-state index in [0.29, 0.717) is 34.9 Å². The van der Waals surface area contributed by atoms with Crippen LogP contribution < -0.4 is 15.6 Å². The van der Waals surface area contributed by atoms with Gasteiger partial charge in [-0.25, -0.2) is 9.67 Å². The first-order valence-electron chi connectivity index (χ1n) is 11.4. The first-order chi connectivity index (χ1) is 16.2.